The maximum absolute atomic E-state index is 14.6. The lowest BCUT2D eigenvalue weighted by Crippen LogP contribution is -2.44. The van der Waals surface area contributed by atoms with Crippen LogP contribution in [0.3, 0.4) is 0 Å². The summed E-state index contributed by atoms with van der Waals surface area (Å²) >= 11 is 0. The zero-order valence-electron chi connectivity index (χ0n) is 12.7. The first kappa shape index (κ1) is 15.2. The molecular weight excluding hydrogens is 289 g/mol. The van der Waals surface area contributed by atoms with Crippen molar-refractivity contribution in [2.75, 3.05) is 0 Å². The number of carbonyl (C=O) groups excluding carboxylic acids is 1. The zero-order chi connectivity index (χ0) is 16.3. The number of rotatable bonds is 4. The summed E-state index contributed by atoms with van der Waals surface area (Å²) in [5, 5.41) is 0. The van der Waals surface area contributed by atoms with Crippen LogP contribution >= 0.6 is 0 Å². The molecule has 1 aliphatic carbocycles. The van der Waals surface area contributed by atoms with Gasteiger partial charge in [0, 0.05) is 5.56 Å². The third kappa shape index (κ3) is 2.48. The average Bonchev–Trinajstić information content (AvgIpc) is 2.59. The summed E-state index contributed by atoms with van der Waals surface area (Å²) in [6.07, 6.45) is 7.57. The number of benzene rings is 2. The van der Waals surface area contributed by atoms with Gasteiger partial charge in [0.25, 0.3) is 0 Å². The Morgan fingerprint density at radius 2 is 1.70 bits per heavy atom. The molecule has 23 heavy (non-hydrogen) atoms. The van der Waals surface area contributed by atoms with Crippen molar-refractivity contribution in [3.8, 4) is 0 Å². The molecule has 1 atom stereocenters. The van der Waals surface area contributed by atoms with E-state index >= 15 is 0 Å². The van der Waals surface area contributed by atoms with E-state index in [0.29, 0.717) is 5.56 Å². The predicted molar refractivity (Wildman–Crippen MR) is 89.3 cm³/mol. The van der Waals surface area contributed by atoms with Crippen LogP contribution in [0.15, 0.2) is 78.4 Å². The molecule has 1 aliphatic rings. The van der Waals surface area contributed by atoms with Crippen molar-refractivity contribution in [1.29, 1.82) is 0 Å². The summed E-state index contributed by atoms with van der Waals surface area (Å²) in [5.74, 6) is -1.01. The minimum atomic E-state index is -1.32. The monoisotopic (exact) mass is 307 g/mol. The van der Waals surface area contributed by atoms with E-state index in [9.17, 15) is 9.18 Å². The van der Waals surface area contributed by atoms with Gasteiger partial charge in [-0.25, -0.2) is 4.39 Å². The van der Waals surface area contributed by atoms with Crippen molar-refractivity contribution in [3.05, 3.63) is 95.3 Å². The van der Waals surface area contributed by atoms with Gasteiger partial charge in [0.15, 0.2) is 0 Å². The fourth-order valence-electron chi connectivity index (χ4n) is 3.24. The van der Waals surface area contributed by atoms with Gasteiger partial charge in [-0.15, -0.1) is 0 Å². The number of halogens is 1. The highest BCUT2D eigenvalue weighted by molar-refractivity contribution is 5.95. The first-order valence-electron chi connectivity index (χ1n) is 7.65. The van der Waals surface area contributed by atoms with Crippen molar-refractivity contribution < 1.29 is 9.18 Å². The van der Waals surface area contributed by atoms with Crippen LogP contribution in [0.25, 0.3) is 0 Å². The van der Waals surface area contributed by atoms with E-state index in [1.54, 1.807) is 18.2 Å². The number of hydrogen-bond acceptors (Lipinski definition) is 1. The lowest BCUT2D eigenvalue weighted by molar-refractivity contribution is -0.121. The molecule has 0 saturated heterocycles. The van der Waals surface area contributed by atoms with Gasteiger partial charge in [-0.3, -0.25) is 4.79 Å². The summed E-state index contributed by atoms with van der Waals surface area (Å²) in [6.45, 7) is 0. The molecule has 2 N–H and O–H groups in total. The Hall–Kier alpha value is -2.68. The van der Waals surface area contributed by atoms with Crippen LogP contribution in [0.1, 0.15) is 24.0 Å². The largest absolute Gasteiger partial charge is 0.368 e. The van der Waals surface area contributed by atoms with Crippen molar-refractivity contribution in [2.24, 2.45) is 5.73 Å². The van der Waals surface area contributed by atoms with Gasteiger partial charge >= 0.3 is 0 Å². The van der Waals surface area contributed by atoms with Crippen LogP contribution in [-0.4, -0.2) is 5.91 Å². The average molecular weight is 307 g/mol. The van der Waals surface area contributed by atoms with Crippen LogP contribution < -0.4 is 5.73 Å². The third-order valence-corrected chi connectivity index (χ3v) is 4.28. The molecule has 0 aromatic heterocycles. The summed E-state index contributed by atoms with van der Waals surface area (Å²) in [5.41, 5.74) is 6.23. The molecule has 2 aromatic rings. The number of nitrogens with two attached hydrogens (primary N) is 1. The van der Waals surface area contributed by atoms with Gasteiger partial charge in [0.05, 0.1) is 0 Å². The predicted octanol–water partition coefficient (Wildman–Crippen LogP) is 3.87. The molecule has 116 valence electrons. The molecule has 0 radical (unpaired) electrons. The zero-order valence-corrected chi connectivity index (χ0v) is 12.7. The number of hydrogen-bond donors (Lipinski definition) is 1. The fraction of sp³-hybridized carbons (Fsp3) is 0.150. The van der Waals surface area contributed by atoms with E-state index in [4.69, 9.17) is 5.73 Å². The molecular formula is C20H18FNO. The quantitative estimate of drug-likeness (QED) is 0.915. The molecule has 3 heteroatoms. The topological polar surface area (TPSA) is 43.1 Å². The minimum absolute atomic E-state index is 0.288. The first-order valence-corrected chi connectivity index (χ1v) is 7.65. The molecule has 0 bridgehead atoms. The number of carbonyl (C=O) groups is 1. The second-order valence-electron chi connectivity index (χ2n) is 5.60. The Kier molecular flexibility index (Phi) is 4.11. The molecule has 1 unspecified atom stereocenters. The van der Waals surface area contributed by atoms with E-state index in [-0.39, 0.29) is 5.56 Å². The van der Waals surface area contributed by atoms with Crippen molar-refractivity contribution >= 4 is 5.91 Å². The second-order valence-corrected chi connectivity index (χ2v) is 5.60. The van der Waals surface area contributed by atoms with E-state index in [1.165, 1.54) is 6.07 Å². The summed E-state index contributed by atoms with van der Waals surface area (Å²) in [6, 6.07) is 15.5. The van der Waals surface area contributed by atoms with Crippen LogP contribution in [0.5, 0.6) is 0 Å². The molecule has 0 fully saturated rings. The van der Waals surface area contributed by atoms with Gasteiger partial charge in [-0.1, -0.05) is 66.8 Å². The Morgan fingerprint density at radius 1 is 1.00 bits per heavy atom. The van der Waals surface area contributed by atoms with Crippen molar-refractivity contribution in [1.82, 2.24) is 0 Å². The highest BCUT2D eigenvalue weighted by Crippen LogP contribution is 2.42. The maximum Gasteiger partial charge on any atom is 0.237 e. The fourth-order valence-corrected chi connectivity index (χ4v) is 3.24. The molecule has 0 heterocycles. The minimum Gasteiger partial charge on any atom is -0.368 e. The summed E-state index contributed by atoms with van der Waals surface area (Å²) in [7, 11) is 0. The molecule has 2 aromatic carbocycles. The summed E-state index contributed by atoms with van der Waals surface area (Å²) < 4.78 is 14.6. The van der Waals surface area contributed by atoms with Gasteiger partial charge in [0.1, 0.15) is 11.2 Å². The normalized spacial score (nSPS) is 16.5. The third-order valence-electron chi connectivity index (χ3n) is 4.28. The van der Waals surface area contributed by atoms with Crippen molar-refractivity contribution in [2.45, 2.75) is 18.3 Å². The Bertz CT molecular complexity index is 779. The van der Waals surface area contributed by atoms with Crippen molar-refractivity contribution in [3.63, 3.8) is 0 Å². The van der Waals surface area contributed by atoms with E-state index < -0.39 is 17.1 Å². The summed E-state index contributed by atoms with van der Waals surface area (Å²) in [4.78, 5) is 12.7. The Morgan fingerprint density at radius 3 is 2.30 bits per heavy atom. The SMILES string of the molecule is NC(=O)C(C1=CCCC=C1)(c1ccccc1)c1ccccc1F. The van der Waals surface area contributed by atoms with Crippen LogP contribution in [0, 0.1) is 5.82 Å². The standard InChI is InChI=1S/C20H18FNO/c21-18-14-8-7-13-17(18)20(19(22)23,15-9-3-1-4-10-15)16-11-5-2-6-12-16/h1,3-5,7-14H,2,6H2,(H2,22,23). The molecule has 0 spiro atoms. The van der Waals surface area contributed by atoms with Gasteiger partial charge in [-0.2, -0.15) is 0 Å². The maximum atomic E-state index is 14.6. The molecule has 0 saturated carbocycles. The van der Waals surface area contributed by atoms with Crippen LogP contribution in [0.2, 0.25) is 0 Å². The molecule has 0 aliphatic heterocycles. The van der Waals surface area contributed by atoms with E-state index in [0.717, 1.165) is 18.4 Å². The van der Waals surface area contributed by atoms with Crippen LogP contribution in [-0.2, 0) is 10.2 Å². The Balaban J connectivity index is 2.36. The van der Waals surface area contributed by atoms with E-state index in [2.05, 4.69) is 0 Å². The number of allylic oxidation sites excluding steroid dienone is 3. The second kappa shape index (κ2) is 6.21. The highest BCUT2D eigenvalue weighted by atomic mass is 19.1. The first-order chi connectivity index (χ1) is 11.2. The lowest BCUT2D eigenvalue weighted by Gasteiger charge is -2.34. The number of amides is 1. The van der Waals surface area contributed by atoms with Gasteiger partial charge in [0.2, 0.25) is 5.91 Å². The van der Waals surface area contributed by atoms with Crippen LogP contribution in [0.4, 0.5) is 4.39 Å². The van der Waals surface area contributed by atoms with E-state index in [1.807, 2.05) is 48.6 Å². The smallest absolute Gasteiger partial charge is 0.237 e. The lowest BCUT2D eigenvalue weighted by atomic mass is 9.67. The molecule has 1 amide bonds. The molecule has 3 rings (SSSR count). The van der Waals surface area contributed by atoms with Gasteiger partial charge < -0.3 is 5.73 Å². The highest BCUT2D eigenvalue weighted by Gasteiger charge is 2.45. The van der Waals surface area contributed by atoms with Gasteiger partial charge in [-0.05, 0) is 30.0 Å². The Labute approximate surface area is 135 Å². The molecule has 2 nitrogen and oxygen atoms in total. The number of primary amides is 1.